The normalized spacial score (nSPS) is 9.88. The third-order valence-electron chi connectivity index (χ3n) is 2.27. The Balaban J connectivity index is 2.37. The molecule has 0 saturated heterocycles. The molecule has 0 fully saturated rings. The molecule has 0 amide bonds. The van der Waals surface area contributed by atoms with Gasteiger partial charge in [0.2, 0.25) is 0 Å². The van der Waals surface area contributed by atoms with E-state index in [1.165, 1.54) is 11.8 Å². The Hall–Kier alpha value is -1.99. The van der Waals surface area contributed by atoms with Gasteiger partial charge < -0.3 is 5.11 Å². The monoisotopic (exact) mass is 242 g/mol. The highest BCUT2D eigenvalue weighted by Gasteiger charge is 2.08. The molecule has 0 radical (unpaired) electrons. The molecule has 1 heterocycles. The van der Waals surface area contributed by atoms with Crippen LogP contribution in [0.4, 0.5) is 0 Å². The highest BCUT2D eigenvalue weighted by molar-refractivity contribution is 7.99. The number of pyridine rings is 1. The number of nitriles is 1. The highest BCUT2D eigenvalue weighted by atomic mass is 32.2. The lowest BCUT2D eigenvalue weighted by atomic mass is 10.2. The third kappa shape index (κ3) is 2.58. The number of benzene rings is 1. The second-order valence-corrected chi connectivity index (χ2v) is 4.58. The van der Waals surface area contributed by atoms with E-state index >= 15 is 0 Å². The number of aromatic nitrogens is 1. The number of phenolic OH excluding ortho intramolecular Hbond substituents is 1. The topological polar surface area (TPSA) is 56.9 Å². The Morgan fingerprint density at radius 3 is 2.88 bits per heavy atom. The average molecular weight is 242 g/mol. The van der Waals surface area contributed by atoms with Crippen LogP contribution in [0.1, 0.15) is 11.1 Å². The maximum absolute atomic E-state index is 9.37. The number of hydrogen-bond donors (Lipinski definition) is 1. The van der Waals surface area contributed by atoms with E-state index in [1.807, 2.05) is 19.1 Å². The van der Waals surface area contributed by atoms with Crippen molar-refractivity contribution in [2.75, 3.05) is 0 Å². The number of hydrogen-bond acceptors (Lipinski definition) is 4. The number of phenols is 1. The van der Waals surface area contributed by atoms with Gasteiger partial charge in [0.05, 0.1) is 5.56 Å². The first kappa shape index (κ1) is 11.5. The summed E-state index contributed by atoms with van der Waals surface area (Å²) in [5.74, 6) is 0.209. The summed E-state index contributed by atoms with van der Waals surface area (Å²) in [6, 6.07) is 10.9. The molecule has 1 aromatic heterocycles. The van der Waals surface area contributed by atoms with E-state index in [-0.39, 0.29) is 5.75 Å². The maximum Gasteiger partial charge on any atom is 0.119 e. The lowest BCUT2D eigenvalue weighted by molar-refractivity contribution is 0.474. The van der Waals surface area contributed by atoms with Gasteiger partial charge >= 0.3 is 0 Å². The van der Waals surface area contributed by atoms with Crippen molar-refractivity contribution in [3.8, 4) is 11.8 Å². The summed E-state index contributed by atoms with van der Waals surface area (Å²) in [6.07, 6.45) is 1.68. The Bertz CT molecular complexity index is 590. The van der Waals surface area contributed by atoms with Crippen LogP contribution < -0.4 is 0 Å². The summed E-state index contributed by atoms with van der Waals surface area (Å²) < 4.78 is 0. The van der Waals surface area contributed by atoms with Crippen LogP contribution >= 0.6 is 11.8 Å². The van der Waals surface area contributed by atoms with E-state index < -0.39 is 0 Å². The fourth-order valence-electron chi connectivity index (χ4n) is 1.41. The van der Waals surface area contributed by atoms with Crippen molar-refractivity contribution in [2.24, 2.45) is 0 Å². The highest BCUT2D eigenvalue weighted by Crippen LogP contribution is 2.31. The summed E-state index contributed by atoms with van der Waals surface area (Å²) in [6.45, 7) is 1.88. The molecule has 4 heteroatoms. The van der Waals surface area contributed by atoms with E-state index in [2.05, 4.69) is 11.1 Å². The molecule has 2 rings (SSSR count). The molecule has 1 N–H and O–H groups in total. The van der Waals surface area contributed by atoms with Crippen molar-refractivity contribution in [3.63, 3.8) is 0 Å². The molecule has 17 heavy (non-hydrogen) atoms. The van der Waals surface area contributed by atoms with Gasteiger partial charge in [-0.05, 0) is 36.8 Å². The zero-order chi connectivity index (χ0) is 12.3. The summed E-state index contributed by atoms with van der Waals surface area (Å²) in [5, 5.41) is 19.1. The minimum Gasteiger partial charge on any atom is -0.508 e. The molecule has 0 aliphatic carbocycles. The zero-order valence-corrected chi connectivity index (χ0v) is 10.0. The van der Waals surface area contributed by atoms with Crippen molar-refractivity contribution in [2.45, 2.75) is 16.8 Å². The van der Waals surface area contributed by atoms with E-state index in [4.69, 9.17) is 5.26 Å². The smallest absolute Gasteiger partial charge is 0.119 e. The van der Waals surface area contributed by atoms with Crippen molar-refractivity contribution in [3.05, 3.63) is 47.7 Å². The minimum atomic E-state index is 0.209. The molecule has 1 aromatic carbocycles. The number of aryl methyl sites for hydroxylation is 1. The molecule has 0 unspecified atom stereocenters. The van der Waals surface area contributed by atoms with E-state index in [0.717, 1.165) is 10.5 Å². The molecule has 84 valence electrons. The Kier molecular flexibility index (Phi) is 3.31. The van der Waals surface area contributed by atoms with Gasteiger partial charge in [0, 0.05) is 11.1 Å². The second kappa shape index (κ2) is 4.89. The van der Waals surface area contributed by atoms with Crippen molar-refractivity contribution >= 4 is 11.8 Å². The average Bonchev–Trinajstić information content (AvgIpc) is 2.29. The molecule has 0 aliphatic rings. The van der Waals surface area contributed by atoms with Crippen LogP contribution in [-0.4, -0.2) is 10.1 Å². The zero-order valence-electron chi connectivity index (χ0n) is 9.21. The van der Waals surface area contributed by atoms with Crippen LogP contribution in [0.25, 0.3) is 0 Å². The van der Waals surface area contributed by atoms with Gasteiger partial charge in [-0.25, -0.2) is 4.98 Å². The van der Waals surface area contributed by atoms with Gasteiger partial charge in [-0.3, -0.25) is 0 Å². The molecule has 0 atom stereocenters. The largest absolute Gasteiger partial charge is 0.508 e. The number of nitrogens with zero attached hydrogens (tertiary/aromatic N) is 2. The summed E-state index contributed by atoms with van der Waals surface area (Å²) in [7, 11) is 0. The van der Waals surface area contributed by atoms with E-state index in [9.17, 15) is 5.11 Å². The standard InChI is InChI=1S/C13H10N2OS/c1-9-5-6-15-13(12(9)8-14)17-11-4-2-3-10(16)7-11/h2-7,16H,1H3. The lowest BCUT2D eigenvalue weighted by Crippen LogP contribution is -1.89. The minimum absolute atomic E-state index is 0.209. The fourth-order valence-corrected chi connectivity index (χ4v) is 2.38. The first-order chi connectivity index (χ1) is 8.20. The molecule has 0 bridgehead atoms. The van der Waals surface area contributed by atoms with E-state index in [0.29, 0.717) is 10.6 Å². The van der Waals surface area contributed by atoms with Crippen LogP contribution in [0, 0.1) is 18.3 Å². The van der Waals surface area contributed by atoms with Crippen molar-refractivity contribution in [1.82, 2.24) is 4.98 Å². The predicted octanol–water partition coefficient (Wildman–Crippen LogP) is 3.12. The van der Waals surface area contributed by atoms with Gasteiger partial charge in [0.15, 0.2) is 0 Å². The lowest BCUT2D eigenvalue weighted by Gasteiger charge is -2.05. The van der Waals surface area contributed by atoms with Gasteiger partial charge in [-0.1, -0.05) is 17.8 Å². The van der Waals surface area contributed by atoms with Gasteiger partial charge in [-0.15, -0.1) is 0 Å². The molecule has 0 aliphatic heterocycles. The fraction of sp³-hybridized carbons (Fsp3) is 0.0769. The van der Waals surface area contributed by atoms with Crippen LogP contribution in [0.15, 0.2) is 46.5 Å². The summed E-state index contributed by atoms with van der Waals surface area (Å²) in [4.78, 5) is 5.05. The molecule has 2 aromatic rings. The SMILES string of the molecule is Cc1ccnc(Sc2cccc(O)c2)c1C#N. The second-order valence-electron chi connectivity index (χ2n) is 3.52. The summed E-state index contributed by atoms with van der Waals surface area (Å²) >= 11 is 1.37. The molecule has 0 saturated carbocycles. The van der Waals surface area contributed by atoms with Crippen LogP contribution in [0.5, 0.6) is 5.75 Å². The van der Waals surface area contributed by atoms with Gasteiger partial charge in [-0.2, -0.15) is 5.26 Å². The van der Waals surface area contributed by atoms with E-state index in [1.54, 1.807) is 24.4 Å². The summed E-state index contributed by atoms with van der Waals surface area (Å²) in [5.41, 5.74) is 1.49. The number of aromatic hydroxyl groups is 1. The predicted molar refractivity (Wildman–Crippen MR) is 65.9 cm³/mol. The van der Waals surface area contributed by atoms with Crippen LogP contribution in [0.3, 0.4) is 0 Å². The third-order valence-corrected chi connectivity index (χ3v) is 3.26. The van der Waals surface area contributed by atoms with Crippen LogP contribution in [0.2, 0.25) is 0 Å². The molecule has 0 spiro atoms. The van der Waals surface area contributed by atoms with Crippen molar-refractivity contribution in [1.29, 1.82) is 5.26 Å². The Labute approximate surface area is 104 Å². The number of rotatable bonds is 2. The van der Waals surface area contributed by atoms with Gasteiger partial charge in [0.1, 0.15) is 16.8 Å². The quantitative estimate of drug-likeness (QED) is 0.879. The van der Waals surface area contributed by atoms with Crippen LogP contribution in [-0.2, 0) is 0 Å². The van der Waals surface area contributed by atoms with Gasteiger partial charge in [0.25, 0.3) is 0 Å². The van der Waals surface area contributed by atoms with Crippen molar-refractivity contribution < 1.29 is 5.11 Å². The Morgan fingerprint density at radius 2 is 2.18 bits per heavy atom. The first-order valence-corrected chi connectivity index (χ1v) is 5.85. The Morgan fingerprint density at radius 1 is 1.35 bits per heavy atom. The molecular weight excluding hydrogens is 232 g/mol. The maximum atomic E-state index is 9.37. The first-order valence-electron chi connectivity index (χ1n) is 5.03. The molecule has 3 nitrogen and oxygen atoms in total. The molecular formula is C13H10N2OS.